The van der Waals surface area contributed by atoms with Crippen molar-refractivity contribution in [2.24, 2.45) is 0 Å². The van der Waals surface area contributed by atoms with Crippen LogP contribution in [0.25, 0.3) is 0 Å². The van der Waals surface area contributed by atoms with Crippen LogP contribution in [-0.4, -0.2) is 18.4 Å². The van der Waals surface area contributed by atoms with Crippen molar-refractivity contribution < 1.29 is 9.59 Å². The van der Waals surface area contributed by atoms with Gasteiger partial charge >= 0.3 is 0 Å². The highest BCUT2D eigenvalue weighted by Crippen LogP contribution is 2.25. The van der Waals surface area contributed by atoms with E-state index in [0.717, 1.165) is 10.0 Å². The van der Waals surface area contributed by atoms with Crippen molar-refractivity contribution >= 4 is 50.7 Å². The molecule has 0 aliphatic heterocycles. The lowest BCUT2D eigenvalue weighted by atomic mass is 10.2. The summed E-state index contributed by atoms with van der Waals surface area (Å²) in [6, 6.07) is 12.4. The maximum Gasteiger partial charge on any atom is 0.244 e. The number of benzene rings is 2. The first kappa shape index (κ1) is 17.5. The van der Waals surface area contributed by atoms with Gasteiger partial charge in [-0.25, -0.2) is 0 Å². The Hall–Kier alpha value is -1.85. The number of para-hydroxylation sites is 1. The maximum atomic E-state index is 12.2. The fourth-order valence-corrected chi connectivity index (χ4v) is 2.59. The molecule has 0 unspecified atom stereocenters. The molecule has 0 saturated heterocycles. The number of carbonyl (C=O) groups is 2. The minimum atomic E-state index is -0.290. The van der Waals surface area contributed by atoms with Gasteiger partial charge in [-0.15, -0.1) is 0 Å². The lowest BCUT2D eigenvalue weighted by molar-refractivity contribution is -0.120. The first-order chi connectivity index (χ1) is 10.9. The van der Waals surface area contributed by atoms with Crippen molar-refractivity contribution in [2.45, 2.75) is 13.8 Å². The highest BCUT2D eigenvalue weighted by Gasteiger charge is 2.18. The molecular formula is C17H16BrClN2O2. The number of nitrogens with zero attached hydrogens (tertiary/aromatic N) is 1. The average molecular weight is 396 g/mol. The SMILES string of the molecule is CC(=O)N(CC(=O)Nc1ccc(Br)c(C)c1)c1ccccc1Cl. The Balaban J connectivity index is 2.14. The molecule has 0 heterocycles. The van der Waals surface area contributed by atoms with Crippen LogP contribution in [0.3, 0.4) is 0 Å². The van der Waals surface area contributed by atoms with Gasteiger partial charge in [0.05, 0.1) is 10.7 Å². The smallest absolute Gasteiger partial charge is 0.244 e. The highest BCUT2D eigenvalue weighted by atomic mass is 79.9. The third kappa shape index (κ3) is 4.56. The van der Waals surface area contributed by atoms with Gasteiger partial charge in [0, 0.05) is 17.1 Å². The Morgan fingerprint density at radius 2 is 1.91 bits per heavy atom. The quantitative estimate of drug-likeness (QED) is 0.834. The van der Waals surface area contributed by atoms with Gasteiger partial charge in [-0.3, -0.25) is 9.59 Å². The molecule has 0 aromatic heterocycles. The lowest BCUT2D eigenvalue weighted by Crippen LogP contribution is -2.36. The number of carbonyl (C=O) groups excluding carboxylic acids is 2. The minimum Gasteiger partial charge on any atom is -0.325 e. The van der Waals surface area contributed by atoms with Gasteiger partial charge in [0.2, 0.25) is 11.8 Å². The first-order valence-corrected chi connectivity index (χ1v) is 8.14. The van der Waals surface area contributed by atoms with Gasteiger partial charge < -0.3 is 10.2 Å². The number of halogens is 2. The number of rotatable bonds is 4. The summed E-state index contributed by atoms with van der Waals surface area (Å²) in [6.45, 7) is 3.24. The fraction of sp³-hybridized carbons (Fsp3) is 0.176. The maximum absolute atomic E-state index is 12.2. The molecule has 4 nitrogen and oxygen atoms in total. The molecule has 120 valence electrons. The Labute approximate surface area is 148 Å². The van der Waals surface area contributed by atoms with Gasteiger partial charge in [0.15, 0.2) is 0 Å². The summed E-state index contributed by atoms with van der Waals surface area (Å²) in [5, 5.41) is 3.21. The summed E-state index contributed by atoms with van der Waals surface area (Å²) in [5.41, 5.74) is 2.21. The van der Waals surface area contributed by atoms with Crippen LogP contribution in [0.2, 0.25) is 5.02 Å². The molecule has 2 amide bonds. The van der Waals surface area contributed by atoms with Gasteiger partial charge in [-0.2, -0.15) is 0 Å². The number of hydrogen-bond acceptors (Lipinski definition) is 2. The van der Waals surface area contributed by atoms with Crippen molar-refractivity contribution in [1.82, 2.24) is 0 Å². The third-order valence-electron chi connectivity index (χ3n) is 3.27. The molecule has 0 atom stereocenters. The Bertz CT molecular complexity index is 749. The highest BCUT2D eigenvalue weighted by molar-refractivity contribution is 9.10. The molecule has 2 aromatic rings. The molecule has 0 bridgehead atoms. The van der Waals surface area contributed by atoms with E-state index in [1.165, 1.54) is 11.8 Å². The van der Waals surface area contributed by atoms with Crippen LogP contribution in [0.4, 0.5) is 11.4 Å². The molecule has 2 aromatic carbocycles. The number of anilines is 2. The van der Waals surface area contributed by atoms with Crippen LogP contribution in [-0.2, 0) is 9.59 Å². The number of hydrogen-bond donors (Lipinski definition) is 1. The molecule has 1 N–H and O–H groups in total. The summed E-state index contributed by atoms with van der Waals surface area (Å²) < 4.78 is 0.969. The van der Waals surface area contributed by atoms with Crippen LogP contribution < -0.4 is 10.2 Å². The van der Waals surface area contributed by atoms with Gasteiger partial charge in [0.25, 0.3) is 0 Å². The molecule has 23 heavy (non-hydrogen) atoms. The summed E-state index contributed by atoms with van der Waals surface area (Å²) in [4.78, 5) is 25.5. The predicted octanol–water partition coefficient (Wildman–Crippen LogP) is 4.40. The van der Waals surface area contributed by atoms with E-state index in [2.05, 4.69) is 21.2 Å². The molecule has 0 saturated carbocycles. The molecule has 6 heteroatoms. The molecular weight excluding hydrogens is 380 g/mol. The van der Waals surface area contributed by atoms with E-state index in [1.807, 2.05) is 19.1 Å². The van der Waals surface area contributed by atoms with Gasteiger partial charge in [-0.1, -0.05) is 39.7 Å². The van der Waals surface area contributed by atoms with Gasteiger partial charge in [-0.05, 0) is 42.8 Å². The normalized spacial score (nSPS) is 10.3. The van der Waals surface area contributed by atoms with Gasteiger partial charge in [0.1, 0.15) is 6.54 Å². The van der Waals surface area contributed by atoms with Crippen LogP contribution in [0, 0.1) is 6.92 Å². The van der Waals surface area contributed by atoms with E-state index in [4.69, 9.17) is 11.6 Å². The largest absolute Gasteiger partial charge is 0.325 e. The van der Waals surface area contributed by atoms with Crippen LogP contribution in [0.5, 0.6) is 0 Å². The van der Waals surface area contributed by atoms with E-state index < -0.39 is 0 Å². The van der Waals surface area contributed by atoms with Crippen molar-refractivity contribution in [3.63, 3.8) is 0 Å². The monoisotopic (exact) mass is 394 g/mol. The zero-order valence-electron chi connectivity index (χ0n) is 12.8. The third-order valence-corrected chi connectivity index (χ3v) is 4.48. The van der Waals surface area contributed by atoms with E-state index in [-0.39, 0.29) is 18.4 Å². The fourth-order valence-electron chi connectivity index (χ4n) is 2.10. The average Bonchev–Trinajstić information content (AvgIpc) is 2.49. The Morgan fingerprint density at radius 3 is 2.52 bits per heavy atom. The zero-order chi connectivity index (χ0) is 17.0. The van der Waals surface area contributed by atoms with E-state index in [1.54, 1.807) is 30.3 Å². The van der Waals surface area contributed by atoms with E-state index in [9.17, 15) is 9.59 Å². The standard InChI is InChI=1S/C17H16BrClN2O2/c1-11-9-13(7-8-14(11)18)20-17(23)10-21(12(2)22)16-6-4-3-5-15(16)19/h3-9H,10H2,1-2H3,(H,20,23). The summed E-state index contributed by atoms with van der Waals surface area (Å²) in [5.74, 6) is -0.540. The molecule has 2 rings (SSSR count). The van der Waals surface area contributed by atoms with Crippen molar-refractivity contribution in [3.8, 4) is 0 Å². The molecule has 0 radical (unpaired) electrons. The first-order valence-electron chi connectivity index (χ1n) is 6.97. The Kier molecular flexibility index (Phi) is 5.80. The molecule has 0 fully saturated rings. The lowest BCUT2D eigenvalue weighted by Gasteiger charge is -2.21. The van der Waals surface area contributed by atoms with E-state index >= 15 is 0 Å². The second kappa shape index (κ2) is 7.62. The summed E-state index contributed by atoms with van der Waals surface area (Å²) in [6.07, 6.45) is 0. The zero-order valence-corrected chi connectivity index (χ0v) is 15.1. The second-order valence-electron chi connectivity index (χ2n) is 5.07. The molecule has 0 spiro atoms. The Morgan fingerprint density at radius 1 is 1.22 bits per heavy atom. The van der Waals surface area contributed by atoms with Crippen molar-refractivity contribution in [1.29, 1.82) is 0 Å². The second-order valence-corrected chi connectivity index (χ2v) is 6.33. The summed E-state index contributed by atoms with van der Waals surface area (Å²) >= 11 is 9.53. The number of nitrogens with one attached hydrogen (secondary N) is 1. The summed E-state index contributed by atoms with van der Waals surface area (Å²) in [7, 11) is 0. The molecule has 0 aliphatic carbocycles. The van der Waals surface area contributed by atoms with Crippen molar-refractivity contribution in [3.05, 3.63) is 57.5 Å². The van der Waals surface area contributed by atoms with Crippen LogP contribution in [0.15, 0.2) is 46.9 Å². The minimum absolute atomic E-state index is 0.103. The predicted molar refractivity (Wildman–Crippen MR) is 97.0 cm³/mol. The number of amides is 2. The number of aryl methyl sites for hydroxylation is 1. The van der Waals surface area contributed by atoms with Crippen molar-refractivity contribution in [2.75, 3.05) is 16.8 Å². The van der Waals surface area contributed by atoms with Crippen LogP contribution >= 0.6 is 27.5 Å². The van der Waals surface area contributed by atoms with E-state index in [0.29, 0.717) is 16.4 Å². The van der Waals surface area contributed by atoms with Crippen LogP contribution in [0.1, 0.15) is 12.5 Å². The topological polar surface area (TPSA) is 49.4 Å². The molecule has 0 aliphatic rings.